The molecule has 0 saturated carbocycles. The fourth-order valence-corrected chi connectivity index (χ4v) is 4.97. The van der Waals surface area contributed by atoms with Gasteiger partial charge in [-0.05, 0) is 54.6 Å². The van der Waals surface area contributed by atoms with Crippen LogP contribution in [0.25, 0.3) is 17.0 Å². The number of nitrogens with zero attached hydrogens (tertiary/aromatic N) is 2. The van der Waals surface area contributed by atoms with Gasteiger partial charge in [-0.2, -0.15) is 0 Å². The number of ether oxygens (including phenoxy) is 1. The van der Waals surface area contributed by atoms with Gasteiger partial charge >= 0.3 is 0 Å². The first-order chi connectivity index (χ1) is 15.5. The molecular formula is C24H22BrClN2O3S. The van der Waals surface area contributed by atoms with Gasteiger partial charge in [-0.25, -0.2) is 0 Å². The molecule has 1 saturated heterocycles. The fraction of sp³-hybridized carbons (Fsp3) is 0.250. The lowest BCUT2D eigenvalue weighted by atomic mass is 10.1. The molecule has 0 spiro atoms. The Labute approximate surface area is 204 Å². The summed E-state index contributed by atoms with van der Waals surface area (Å²) in [5.74, 6) is 0.431. The molecule has 0 aliphatic carbocycles. The van der Waals surface area contributed by atoms with Crippen molar-refractivity contribution < 1.29 is 14.3 Å². The van der Waals surface area contributed by atoms with Gasteiger partial charge < -0.3 is 9.30 Å². The van der Waals surface area contributed by atoms with Crippen LogP contribution >= 0.6 is 39.3 Å². The zero-order valence-electron chi connectivity index (χ0n) is 17.5. The molecule has 1 aromatic heterocycles. The number of rotatable bonds is 8. The van der Waals surface area contributed by atoms with E-state index in [1.807, 2.05) is 55.6 Å². The van der Waals surface area contributed by atoms with E-state index in [-0.39, 0.29) is 11.1 Å². The second-order valence-corrected chi connectivity index (χ2v) is 9.72. The van der Waals surface area contributed by atoms with Crippen LogP contribution in [0.1, 0.15) is 25.3 Å². The Hall–Kier alpha value is -2.22. The lowest BCUT2D eigenvalue weighted by Gasteiger charge is -2.10. The first kappa shape index (κ1) is 23.0. The molecule has 8 heteroatoms. The minimum atomic E-state index is -0.216. The average molecular weight is 534 g/mol. The van der Waals surface area contributed by atoms with Crippen LogP contribution in [0.5, 0.6) is 5.75 Å². The minimum absolute atomic E-state index is 0.201. The van der Waals surface area contributed by atoms with Crippen LogP contribution in [0.3, 0.4) is 0 Å². The quantitative estimate of drug-likeness (QED) is 0.293. The summed E-state index contributed by atoms with van der Waals surface area (Å²) in [6.07, 6.45) is 5.55. The molecular weight excluding hydrogens is 512 g/mol. The average Bonchev–Trinajstić information content (AvgIpc) is 3.24. The van der Waals surface area contributed by atoms with Crippen molar-refractivity contribution in [2.45, 2.75) is 26.3 Å². The minimum Gasteiger partial charge on any atom is -0.490 e. The van der Waals surface area contributed by atoms with Crippen molar-refractivity contribution in [2.24, 2.45) is 0 Å². The number of fused-ring (bicyclic) bond motifs is 1. The maximum atomic E-state index is 12.8. The van der Waals surface area contributed by atoms with Crippen LogP contribution in [0.15, 0.2) is 58.0 Å². The number of imide groups is 1. The highest BCUT2D eigenvalue weighted by molar-refractivity contribution is 9.10. The third kappa shape index (κ3) is 4.90. The van der Waals surface area contributed by atoms with Crippen LogP contribution in [-0.2, 0) is 11.3 Å². The van der Waals surface area contributed by atoms with E-state index < -0.39 is 0 Å². The van der Waals surface area contributed by atoms with Crippen LogP contribution in [0.2, 0.25) is 5.02 Å². The van der Waals surface area contributed by atoms with E-state index in [1.54, 1.807) is 6.07 Å². The molecule has 4 rings (SSSR count). The van der Waals surface area contributed by atoms with Crippen molar-refractivity contribution in [3.05, 3.63) is 68.6 Å². The Morgan fingerprint density at radius 2 is 1.97 bits per heavy atom. The zero-order valence-corrected chi connectivity index (χ0v) is 20.7. The van der Waals surface area contributed by atoms with Crippen molar-refractivity contribution in [2.75, 3.05) is 13.2 Å². The molecule has 2 aromatic carbocycles. The summed E-state index contributed by atoms with van der Waals surface area (Å²) in [4.78, 5) is 26.9. The van der Waals surface area contributed by atoms with Crippen LogP contribution in [0.4, 0.5) is 4.79 Å². The molecule has 2 heterocycles. The maximum absolute atomic E-state index is 12.8. The Kier molecular flexibility index (Phi) is 7.28. The Morgan fingerprint density at radius 1 is 1.16 bits per heavy atom. The lowest BCUT2D eigenvalue weighted by molar-refractivity contribution is -0.122. The second kappa shape index (κ2) is 10.1. The smallest absolute Gasteiger partial charge is 0.293 e. The molecule has 0 radical (unpaired) electrons. The highest BCUT2D eigenvalue weighted by atomic mass is 79.9. The summed E-state index contributed by atoms with van der Waals surface area (Å²) in [5, 5.41) is 1.37. The van der Waals surface area contributed by atoms with Crippen molar-refractivity contribution in [1.29, 1.82) is 0 Å². The number of carbonyl (C=O) groups is 2. The number of thioether (sulfide) groups is 1. The third-order valence-corrected chi connectivity index (χ3v) is 6.91. The second-order valence-electron chi connectivity index (χ2n) is 7.41. The molecule has 32 heavy (non-hydrogen) atoms. The first-order valence-corrected chi connectivity index (χ1v) is 12.4. The zero-order chi connectivity index (χ0) is 22.7. The number of halogens is 2. The first-order valence-electron chi connectivity index (χ1n) is 10.4. The van der Waals surface area contributed by atoms with Gasteiger partial charge in [-0.3, -0.25) is 14.5 Å². The molecule has 0 unspecified atom stereocenters. The fourth-order valence-electron chi connectivity index (χ4n) is 3.56. The number of aromatic nitrogens is 1. The summed E-state index contributed by atoms with van der Waals surface area (Å²) >= 11 is 10.7. The molecule has 0 N–H and O–H groups in total. The van der Waals surface area contributed by atoms with E-state index in [1.165, 1.54) is 4.90 Å². The molecule has 1 fully saturated rings. The predicted molar refractivity (Wildman–Crippen MR) is 134 cm³/mol. The standard InChI is InChI=1S/C24H22BrClN2O3S/c1-2-3-10-28-23(29)22(32-24(28)30)13-16-15-27(20-9-8-17(25)14-18(16)20)11-12-31-21-7-5-4-6-19(21)26/h4-9,13-15H,2-3,10-12H2,1H3/b22-13-. The monoisotopic (exact) mass is 532 g/mol. The highest BCUT2D eigenvalue weighted by Gasteiger charge is 2.34. The van der Waals surface area contributed by atoms with Gasteiger partial charge in [0.2, 0.25) is 0 Å². The molecule has 166 valence electrons. The Morgan fingerprint density at radius 3 is 2.75 bits per heavy atom. The molecule has 0 atom stereocenters. The summed E-state index contributed by atoms with van der Waals surface area (Å²) in [5.41, 5.74) is 1.91. The van der Waals surface area contributed by atoms with Crippen molar-refractivity contribution in [3.63, 3.8) is 0 Å². The number of amides is 2. The van der Waals surface area contributed by atoms with Gasteiger partial charge in [-0.1, -0.05) is 53.0 Å². The molecule has 1 aliphatic rings. The van der Waals surface area contributed by atoms with Crippen LogP contribution in [0, 0.1) is 0 Å². The number of hydrogen-bond acceptors (Lipinski definition) is 4. The molecule has 2 amide bonds. The Bertz CT molecular complexity index is 1210. The van der Waals surface area contributed by atoms with Crippen LogP contribution < -0.4 is 4.74 Å². The normalized spacial score (nSPS) is 15.3. The van der Waals surface area contributed by atoms with Crippen molar-refractivity contribution in [1.82, 2.24) is 9.47 Å². The van der Waals surface area contributed by atoms with Gasteiger partial charge in [0.25, 0.3) is 11.1 Å². The van der Waals surface area contributed by atoms with E-state index in [9.17, 15) is 9.59 Å². The molecule has 1 aliphatic heterocycles. The van der Waals surface area contributed by atoms with E-state index in [2.05, 4.69) is 20.5 Å². The highest BCUT2D eigenvalue weighted by Crippen LogP contribution is 2.35. The summed E-state index contributed by atoms with van der Waals surface area (Å²) in [7, 11) is 0. The van der Waals surface area contributed by atoms with Gasteiger partial charge in [-0.15, -0.1) is 0 Å². The van der Waals surface area contributed by atoms with Gasteiger partial charge in [0, 0.05) is 33.7 Å². The number of carbonyl (C=O) groups excluding carboxylic acids is 2. The number of unbranched alkanes of at least 4 members (excludes halogenated alkanes) is 1. The Balaban J connectivity index is 1.59. The SMILES string of the molecule is CCCCN1C(=O)S/C(=C\c2cn(CCOc3ccccc3Cl)c3ccc(Br)cc23)C1=O. The number of benzene rings is 2. The number of para-hydroxylation sites is 1. The van der Waals surface area contributed by atoms with Crippen molar-refractivity contribution >= 4 is 67.4 Å². The number of hydrogen-bond donors (Lipinski definition) is 0. The van der Waals surface area contributed by atoms with E-state index >= 15 is 0 Å². The summed E-state index contributed by atoms with van der Waals surface area (Å²) in [6.45, 7) is 3.55. The maximum Gasteiger partial charge on any atom is 0.293 e. The molecule has 0 bridgehead atoms. The third-order valence-electron chi connectivity index (χ3n) is 5.20. The molecule has 5 nitrogen and oxygen atoms in total. The van der Waals surface area contributed by atoms with Gasteiger partial charge in [0.1, 0.15) is 12.4 Å². The lowest BCUT2D eigenvalue weighted by Crippen LogP contribution is -2.29. The van der Waals surface area contributed by atoms with E-state index in [4.69, 9.17) is 16.3 Å². The van der Waals surface area contributed by atoms with E-state index in [0.717, 1.165) is 45.5 Å². The largest absolute Gasteiger partial charge is 0.490 e. The van der Waals surface area contributed by atoms with Crippen molar-refractivity contribution in [3.8, 4) is 5.75 Å². The topological polar surface area (TPSA) is 51.5 Å². The predicted octanol–water partition coefficient (Wildman–Crippen LogP) is 6.97. The van der Waals surface area contributed by atoms with Gasteiger partial charge in [0.15, 0.2) is 0 Å². The summed E-state index contributed by atoms with van der Waals surface area (Å²) in [6, 6.07) is 13.4. The van der Waals surface area contributed by atoms with E-state index in [0.29, 0.717) is 35.4 Å². The van der Waals surface area contributed by atoms with Gasteiger partial charge in [0.05, 0.1) is 16.5 Å². The summed E-state index contributed by atoms with van der Waals surface area (Å²) < 4.78 is 8.89. The molecule has 3 aromatic rings. The van der Waals surface area contributed by atoms with Crippen LogP contribution in [-0.4, -0.2) is 33.8 Å².